The molecule has 0 unspecified atom stereocenters. The molecule has 0 aromatic heterocycles. The molecule has 1 fully saturated rings. The van der Waals surface area contributed by atoms with E-state index in [9.17, 15) is 13.2 Å². The van der Waals surface area contributed by atoms with E-state index in [-0.39, 0.29) is 16.8 Å². The first kappa shape index (κ1) is 17.7. The van der Waals surface area contributed by atoms with E-state index in [4.69, 9.17) is 0 Å². The van der Waals surface area contributed by atoms with Crippen molar-refractivity contribution in [3.8, 4) is 0 Å². The fourth-order valence-electron chi connectivity index (χ4n) is 2.93. The van der Waals surface area contributed by atoms with Crippen LogP contribution < -0.4 is 10.0 Å². The van der Waals surface area contributed by atoms with Crippen LogP contribution in [-0.4, -0.2) is 20.4 Å². The molecule has 1 saturated carbocycles. The highest BCUT2D eigenvalue weighted by Crippen LogP contribution is 2.22. The van der Waals surface area contributed by atoms with Gasteiger partial charge in [0.15, 0.2) is 0 Å². The van der Waals surface area contributed by atoms with Crippen LogP contribution >= 0.6 is 0 Å². The molecule has 0 atom stereocenters. The molecule has 2 N–H and O–H groups in total. The summed E-state index contributed by atoms with van der Waals surface area (Å²) in [5, 5.41) is 5.12. The molecule has 0 heterocycles. The lowest BCUT2D eigenvalue weighted by Crippen LogP contribution is -2.27. The molecule has 3 aromatic rings. The highest BCUT2D eigenvalue weighted by molar-refractivity contribution is 7.89. The fourth-order valence-corrected chi connectivity index (χ4v) is 4.28. The molecule has 0 radical (unpaired) electrons. The van der Waals surface area contributed by atoms with Crippen LogP contribution in [0.15, 0.2) is 71.6 Å². The second kappa shape index (κ2) is 7.13. The van der Waals surface area contributed by atoms with Crippen molar-refractivity contribution in [2.45, 2.75) is 30.3 Å². The zero-order valence-corrected chi connectivity index (χ0v) is 15.5. The third-order valence-electron chi connectivity index (χ3n) is 4.57. The Morgan fingerprint density at radius 3 is 2.48 bits per heavy atom. The van der Waals surface area contributed by atoms with Gasteiger partial charge in [-0.2, -0.15) is 0 Å². The lowest BCUT2D eigenvalue weighted by Gasteiger charge is -2.09. The van der Waals surface area contributed by atoms with Crippen molar-refractivity contribution in [3.05, 3.63) is 77.9 Å². The van der Waals surface area contributed by atoms with Crippen LogP contribution in [0.5, 0.6) is 0 Å². The summed E-state index contributed by atoms with van der Waals surface area (Å²) in [5.74, 6) is -0.299. The molecule has 0 spiro atoms. The van der Waals surface area contributed by atoms with Crippen LogP contribution in [0.25, 0.3) is 10.8 Å². The first-order chi connectivity index (χ1) is 13.0. The van der Waals surface area contributed by atoms with Crippen LogP contribution in [0.4, 0.5) is 0 Å². The molecule has 0 saturated heterocycles. The lowest BCUT2D eigenvalue weighted by molar-refractivity contribution is 0.0950. The average molecular weight is 380 g/mol. The molecule has 3 aromatic carbocycles. The minimum atomic E-state index is -3.57. The Bertz CT molecular complexity index is 1110. The number of benzene rings is 3. The topological polar surface area (TPSA) is 75.3 Å². The molecule has 5 nitrogen and oxygen atoms in total. The monoisotopic (exact) mass is 380 g/mol. The van der Waals surface area contributed by atoms with Crippen molar-refractivity contribution in [2.24, 2.45) is 0 Å². The zero-order chi connectivity index (χ0) is 18.9. The van der Waals surface area contributed by atoms with E-state index in [2.05, 4.69) is 10.0 Å². The maximum atomic E-state index is 12.5. The molecule has 0 aliphatic heterocycles. The summed E-state index contributed by atoms with van der Waals surface area (Å²) in [6.07, 6.45) is 1.73. The van der Waals surface area contributed by atoms with Crippen molar-refractivity contribution >= 4 is 26.7 Å². The van der Waals surface area contributed by atoms with Crippen LogP contribution in [0.2, 0.25) is 0 Å². The highest BCUT2D eigenvalue weighted by atomic mass is 32.2. The SMILES string of the molecule is O=C(NCc1ccc2ccccc2c1)c1cccc(S(=O)(=O)NC2CC2)c1. The second-order valence-electron chi connectivity index (χ2n) is 6.79. The molecule has 138 valence electrons. The van der Waals surface area contributed by atoms with Crippen LogP contribution in [-0.2, 0) is 16.6 Å². The summed E-state index contributed by atoms with van der Waals surface area (Å²) in [4.78, 5) is 12.6. The summed E-state index contributed by atoms with van der Waals surface area (Å²) in [6.45, 7) is 0.376. The number of fused-ring (bicyclic) bond motifs is 1. The van der Waals surface area contributed by atoms with Crippen LogP contribution in [0.1, 0.15) is 28.8 Å². The minimum Gasteiger partial charge on any atom is -0.348 e. The van der Waals surface area contributed by atoms with Crippen LogP contribution in [0, 0.1) is 0 Å². The smallest absolute Gasteiger partial charge is 0.251 e. The van der Waals surface area contributed by atoms with E-state index in [1.165, 1.54) is 12.1 Å². The van der Waals surface area contributed by atoms with Gasteiger partial charge in [0, 0.05) is 18.2 Å². The minimum absolute atomic E-state index is 0.0281. The summed E-state index contributed by atoms with van der Waals surface area (Å²) >= 11 is 0. The van der Waals surface area contributed by atoms with E-state index in [1.807, 2.05) is 42.5 Å². The third kappa shape index (κ3) is 4.18. The van der Waals surface area contributed by atoms with Crippen molar-refractivity contribution in [2.75, 3.05) is 0 Å². The standard InChI is InChI=1S/C21H20N2O3S/c24-21(22-14-15-8-9-16-4-1-2-5-17(16)12-15)18-6-3-7-20(13-18)27(25,26)23-19-10-11-19/h1-9,12-13,19,23H,10-11,14H2,(H,22,24). The van der Waals surface area contributed by atoms with Gasteiger partial charge in [-0.15, -0.1) is 0 Å². The zero-order valence-electron chi connectivity index (χ0n) is 14.7. The molecule has 27 heavy (non-hydrogen) atoms. The second-order valence-corrected chi connectivity index (χ2v) is 8.50. The molecule has 1 aliphatic rings. The van der Waals surface area contributed by atoms with Crippen molar-refractivity contribution in [1.29, 1.82) is 0 Å². The molecule has 1 aliphatic carbocycles. The molecular weight excluding hydrogens is 360 g/mol. The predicted molar refractivity (Wildman–Crippen MR) is 105 cm³/mol. The predicted octanol–water partition coefficient (Wildman–Crippen LogP) is 3.21. The summed E-state index contributed by atoms with van der Waals surface area (Å²) < 4.78 is 27.3. The number of amides is 1. The lowest BCUT2D eigenvalue weighted by atomic mass is 10.1. The number of carbonyl (C=O) groups excluding carboxylic acids is 1. The van der Waals surface area contributed by atoms with Gasteiger partial charge < -0.3 is 5.32 Å². The fraction of sp³-hybridized carbons (Fsp3) is 0.190. The summed E-state index contributed by atoms with van der Waals surface area (Å²) in [5.41, 5.74) is 1.32. The number of hydrogen-bond acceptors (Lipinski definition) is 3. The Morgan fingerprint density at radius 2 is 1.70 bits per heavy atom. The Kier molecular flexibility index (Phi) is 4.68. The van der Waals surface area contributed by atoms with Gasteiger partial charge in [-0.1, -0.05) is 42.5 Å². The molecule has 6 heteroatoms. The van der Waals surface area contributed by atoms with Gasteiger partial charge in [0.25, 0.3) is 5.91 Å². The van der Waals surface area contributed by atoms with E-state index in [0.29, 0.717) is 12.1 Å². The first-order valence-electron chi connectivity index (χ1n) is 8.89. The number of sulfonamides is 1. The maximum Gasteiger partial charge on any atom is 0.251 e. The van der Waals surface area contributed by atoms with E-state index >= 15 is 0 Å². The first-order valence-corrected chi connectivity index (χ1v) is 10.4. The number of nitrogens with one attached hydrogen (secondary N) is 2. The van der Waals surface area contributed by atoms with E-state index in [0.717, 1.165) is 29.2 Å². The Morgan fingerprint density at radius 1 is 0.926 bits per heavy atom. The Hall–Kier alpha value is -2.70. The Balaban J connectivity index is 1.46. The van der Waals surface area contributed by atoms with Gasteiger partial charge in [-0.3, -0.25) is 4.79 Å². The summed E-state index contributed by atoms with van der Waals surface area (Å²) in [7, 11) is -3.57. The highest BCUT2D eigenvalue weighted by Gasteiger charge is 2.28. The number of hydrogen-bond donors (Lipinski definition) is 2. The number of carbonyl (C=O) groups is 1. The van der Waals surface area contributed by atoms with Gasteiger partial charge in [0.2, 0.25) is 10.0 Å². The molecular formula is C21H20N2O3S. The van der Waals surface area contributed by atoms with Gasteiger partial charge in [0.05, 0.1) is 4.90 Å². The third-order valence-corrected chi connectivity index (χ3v) is 6.09. The quantitative estimate of drug-likeness (QED) is 0.689. The van der Waals surface area contributed by atoms with E-state index in [1.54, 1.807) is 12.1 Å². The van der Waals surface area contributed by atoms with E-state index < -0.39 is 10.0 Å². The largest absolute Gasteiger partial charge is 0.348 e. The van der Waals surface area contributed by atoms with Gasteiger partial charge in [-0.05, 0) is 53.4 Å². The Labute approximate surface area is 158 Å². The molecule has 1 amide bonds. The van der Waals surface area contributed by atoms with Crippen molar-refractivity contribution in [1.82, 2.24) is 10.0 Å². The molecule has 0 bridgehead atoms. The summed E-state index contributed by atoms with van der Waals surface area (Å²) in [6, 6.07) is 20.2. The van der Waals surface area contributed by atoms with Gasteiger partial charge in [-0.25, -0.2) is 13.1 Å². The van der Waals surface area contributed by atoms with Crippen molar-refractivity contribution < 1.29 is 13.2 Å². The maximum absolute atomic E-state index is 12.5. The normalized spacial score (nSPS) is 14.2. The van der Waals surface area contributed by atoms with Gasteiger partial charge >= 0.3 is 0 Å². The number of rotatable bonds is 6. The molecule has 4 rings (SSSR count). The van der Waals surface area contributed by atoms with Crippen LogP contribution in [0.3, 0.4) is 0 Å². The van der Waals surface area contributed by atoms with Crippen molar-refractivity contribution in [3.63, 3.8) is 0 Å². The average Bonchev–Trinajstić information content (AvgIpc) is 3.49. The van der Waals surface area contributed by atoms with Gasteiger partial charge in [0.1, 0.15) is 0 Å².